The van der Waals surface area contributed by atoms with Crippen LogP contribution in [0, 0.1) is 13.0 Å². The summed E-state index contributed by atoms with van der Waals surface area (Å²) in [5, 5.41) is 1.81. The zero-order valence-corrected chi connectivity index (χ0v) is 20.1. The highest BCUT2D eigenvalue weighted by Crippen LogP contribution is 2.11. The number of benzene rings is 3. The standard InChI is InChI=1S/C18H10IO4.C6H5FO3S/c20-17-7-3-11-1-5-13(9-15(11)22-17)19-14-6-2-12-4-8-18(21)23-16(12)10-14;7-5-1-3-6(4-2-5)11(8,9)10/h1-10H;1-4H,(H,8,9,10)/q+1;/p-1. The number of fused-ring (bicyclic) bond motifs is 2. The summed E-state index contributed by atoms with van der Waals surface area (Å²) in [6.45, 7) is 0. The summed E-state index contributed by atoms with van der Waals surface area (Å²) < 4.78 is 55.7. The van der Waals surface area contributed by atoms with E-state index >= 15 is 0 Å². The van der Waals surface area contributed by atoms with Crippen molar-refractivity contribution in [2.75, 3.05) is 0 Å². The molecule has 10 heteroatoms. The van der Waals surface area contributed by atoms with Gasteiger partial charge in [0.2, 0.25) is 0 Å². The summed E-state index contributed by atoms with van der Waals surface area (Å²) in [5.74, 6) is -0.572. The smallest absolute Gasteiger partial charge is 0.358 e. The van der Waals surface area contributed by atoms with Crippen molar-refractivity contribution in [3.63, 3.8) is 0 Å². The number of rotatable bonds is 3. The van der Waals surface area contributed by atoms with Crippen LogP contribution in [0.1, 0.15) is 0 Å². The largest absolute Gasteiger partial charge is 0.744 e. The molecule has 172 valence electrons. The Balaban J connectivity index is 0.000000210. The van der Waals surface area contributed by atoms with Gasteiger partial charge in [-0.3, -0.25) is 0 Å². The molecule has 5 rings (SSSR count). The summed E-state index contributed by atoms with van der Waals surface area (Å²) in [7, 11) is -4.44. The lowest BCUT2D eigenvalue weighted by atomic mass is 10.2. The van der Waals surface area contributed by atoms with Crippen LogP contribution < -0.4 is 32.5 Å². The molecule has 0 aliphatic carbocycles. The molecule has 0 saturated heterocycles. The van der Waals surface area contributed by atoms with E-state index < -0.39 is 42.0 Å². The molecule has 0 N–H and O–H groups in total. The Morgan fingerprint density at radius 2 is 1.12 bits per heavy atom. The SMILES string of the molecule is O=S(=O)([O-])c1ccc(F)cc1.O=c1ccc2ccc([I+]c3ccc4ccc(=O)oc4c3)cc2o1. The predicted molar refractivity (Wildman–Crippen MR) is 117 cm³/mol. The Bertz CT molecular complexity index is 1620. The first-order valence-corrected chi connectivity index (χ1v) is 13.2. The van der Waals surface area contributed by atoms with Crippen molar-refractivity contribution < 1.29 is 47.4 Å². The van der Waals surface area contributed by atoms with E-state index in [4.69, 9.17) is 8.83 Å². The van der Waals surface area contributed by atoms with Crippen LogP contribution in [0.25, 0.3) is 21.9 Å². The number of hydrogen-bond acceptors (Lipinski definition) is 7. The Morgan fingerprint density at radius 1 is 0.676 bits per heavy atom. The maximum Gasteiger partial charge on any atom is 0.358 e. The molecule has 2 aromatic heterocycles. The maximum atomic E-state index is 12.2. The van der Waals surface area contributed by atoms with Crippen LogP contribution in [0.3, 0.4) is 0 Å². The van der Waals surface area contributed by atoms with Crippen molar-refractivity contribution in [2.45, 2.75) is 4.90 Å². The van der Waals surface area contributed by atoms with Gasteiger partial charge in [-0.15, -0.1) is 0 Å². The van der Waals surface area contributed by atoms with Gasteiger partial charge < -0.3 is 13.4 Å². The number of hydrogen-bond donors (Lipinski definition) is 0. The molecule has 0 fully saturated rings. The van der Waals surface area contributed by atoms with Crippen LogP contribution in [-0.2, 0) is 10.1 Å². The summed E-state index contributed by atoms with van der Waals surface area (Å²) in [6.07, 6.45) is 0. The van der Waals surface area contributed by atoms with E-state index in [9.17, 15) is 27.0 Å². The highest BCUT2D eigenvalue weighted by atomic mass is 127. The van der Waals surface area contributed by atoms with Crippen molar-refractivity contribution in [3.8, 4) is 0 Å². The van der Waals surface area contributed by atoms with E-state index in [-0.39, 0.29) is 11.3 Å². The van der Waals surface area contributed by atoms with Gasteiger partial charge in [-0.05, 0) is 60.7 Å². The van der Waals surface area contributed by atoms with Crippen molar-refractivity contribution in [2.24, 2.45) is 0 Å². The molecule has 2 heterocycles. The minimum absolute atomic E-state index is 0.347. The molecule has 3 aromatic carbocycles. The lowest BCUT2D eigenvalue weighted by Gasteiger charge is -2.04. The fourth-order valence-corrected chi connectivity index (χ4v) is 5.70. The van der Waals surface area contributed by atoms with Crippen LogP contribution in [0.5, 0.6) is 0 Å². The van der Waals surface area contributed by atoms with E-state index in [0.717, 1.165) is 42.2 Å². The summed E-state index contributed by atoms with van der Waals surface area (Å²) in [4.78, 5) is 22.2. The van der Waals surface area contributed by atoms with E-state index in [1.165, 1.54) is 12.1 Å². The van der Waals surface area contributed by atoms with Crippen molar-refractivity contribution in [1.82, 2.24) is 0 Å². The van der Waals surface area contributed by atoms with Crippen LogP contribution in [0.15, 0.2) is 108 Å². The average molecular weight is 592 g/mol. The molecular formula is C24H14FIO7S. The Kier molecular flexibility index (Phi) is 6.91. The lowest BCUT2D eigenvalue weighted by Crippen LogP contribution is -3.61. The van der Waals surface area contributed by atoms with Gasteiger partial charge in [-0.25, -0.2) is 22.4 Å². The third-order valence-electron chi connectivity index (χ3n) is 4.49. The minimum atomic E-state index is -4.44. The highest BCUT2D eigenvalue weighted by Gasteiger charge is 2.18. The van der Waals surface area contributed by atoms with E-state index in [0.29, 0.717) is 11.2 Å². The van der Waals surface area contributed by atoms with Crippen LogP contribution in [-0.4, -0.2) is 13.0 Å². The summed E-state index contributed by atoms with van der Waals surface area (Å²) >= 11 is -0.465. The Hall–Kier alpha value is -3.35. The molecule has 0 atom stereocenters. The fourth-order valence-electron chi connectivity index (χ4n) is 2.91. The minimum Gasteiger partial charge on any atom is -0.744 e. The Morgan fingerprint density at radius 3 is 1.56 bits per heavy atom. The van der Waals surface area contributed by atoms with Crippen molar-refractivity contribution in [1.29, 1.82) is 0 Å². The average Bonchev–Trinajstić information content (AvgIpc) is 2.79. The summed E-state index contributed by atoms with van der Waals surface area (Å²) in [6, 6.07) is 21.9. The van der Waals surface area contributed by atoms with Crippen LogP contribution in [0.2, 0.25) is 0 Å². The van der Waals surface area contributed by atoms with Gasteiger partial charge in [0.15, 0.2) is 7.14 Å². The van der Waals surface area contributed by atoms with Crippen molar-refractivity contribution in [3.05, 3.63) is 119 Å². The van der Waals surface area contributed by atoms with Gasteiger partial charge in [0.05, 0.1) is 4.90 Å². The molecule has 0 saturated carbocycles. The second kappa shape index (κ2) is 9.87. The first-order valence-electron chi connectivity index (χ1n) is 9.61. The quantitative estimate of drug-likeness (QED) is 0.173. The van der Waals surface area contributed by atoms with Gasteiger partial charge in [-0.1, -0.05) is 0 Å². The van der Waals surface area contributed by atoms with Gasteiger partial charge in [0.25, 0.3) is 0 Å². The van der Waals surface area contributed by atoms with E-state index in [1.807, 2.05) is 36.4 Å². The van der Waals surface area contributed by atoms with Crippen molar-refractivity contribution >= 4 is 32.1 Å². The van der Waals surface area contributed by atoms with E-state index in [2.05, 4.69) is 0 Å². The van der Waals surface area contributed by atoms with Gasteiger partial charge in [0, 0.05) is 35.0 Å². The molecule has 0 aliphatic rings. The highest BCUT2D eigenvalue weighted by molar-refractivity contribution is 7.85. The molecule has 0 unspecified atom stereocenters. The topological polar surface area (TPSA) is 118 Å². The third-order valence-corrected chi connectivity index (χ3v) is 7.93. The van der Waals surface area contributed by atoms with Gasteiger partial charge in [0.1, 0.15) is 27.1 Å². The second-order valence-electron chi connectivity index (χ2n) is 6.88. The lowest BCUT2D eigenvalue weighted by molar-refractivity contribution is -0.597. The Labute approximate surface area is 202 Å². The molecule has 0 bridgehead atoms. The first-order chi connectivity index (χ1) is 16.2. The second-order valence-corrected chi connectivity index (χ2v) is 11.3. The molecule has 5 aromatic rings. The zero-order chi connectivity index (χ0) is 24.3. The molecule has 0 radical (unpaired) electrons. The molecule has 0 aliphatic heterocycles. The summed E-state index contributed by atoms with van der Waals surface area (Å²) in [5.41, 5.74) is 0.504. The molecule has 0 amide bonds. The van der Waals surface area contributed by atoms with E-state index in [1.54, 1.807) is 12.1 Å². The monoisotopic (exact) mass is 592 g/mol. The zero-order valence-electron chi connectivity index (χ0n) is 17.1. The molecular weight excluding hydrogens is 578 g/mol. The van der Waals surface area contributed by atoms with Gasteiger partial charge >= 0.3 is 32.5 Å². The first kappa shape index (κ1) is 23.8. The third kappa shape index (κ3) is 5.95. The van der Waals surface area contributed by atoms with Gasteiger partial charge in [-0.2, -0.15) is 0 Å². The normalized spacial score (nSPS) is 11.2. The van der Waals surface area contributed by atoms with Crippen LogP contribution >= 0.6 is 0 Å². The molecule has 0 spiro atoms. The van der Waals surface area contributed by atoms with Crippen LogP contribution in [0.4, 0.5) is 4.39 Å². The predicted octanol–water partition coefficient (Wildman–Crippen LogP) is 0.758. The number of halogens is 2. The maximum absolute atomic E-state index is 12.2. The fraction of sp³-hybridized carbons (Fsp3) is 0. The molecule has 7 nitrogen and oxygen atoms in total. The molecule has 34 heavy (non-hydrogen) atoms.